The van der Waals surface area contributed by atoms with Gasteiger partial charge in [0.2, 0.25) is 10.8 Å². The summed E-state index contributed by atoms with van der Waals surface area (Å²) < 4.78 is 13.4. The molecule has 366 valence electrons. The van der Waals surface area contributed by atoms with Gasteiger partial charge >= 0.3 is 12.1 Å². The van der Waals surface area contributed by atoms with Crippen LogP contribution in [0.2, 0.25) is 0 Å². The molecule has 7 aromatic rings. The second kappa shape index (κ2) is 22.0. The summed E-state index contributed by atoms with van der Waals surface area (Å²) in [7, 11) is 1.74. The SMILES string of the molecule is Cn1nnnc1SCSC1=C(C(=O)OC(c2ccccc2)c2ccccc2)N2C(=O)[C@@H](NC(=O)/C(=N\OC(c3ccccc3)(c3ccccc3)c3ccccc3)c3csc(NC(=O)OC(C)(C)C)n3)[C@@H]2SC1. The normalized spacial score (nSPS) is 15.9. The molecule has 2 aliphatic rings. The average Bonchev–Trinajstić information content (AvgIpc) is 4.04. The van der Waals surface area contributed by atoms with Crippen LogP contribution in [0.15, 0.2) is 178 Å². The number of thiazole rings is 1. The maximum atomic E-state index is 15.0. The van der Waals surface area contributed by atoms with E-state index >= 15 is 0 Å². The summed E-state index contributed by atoms with van der Waals surface area (Å²) >= 11 is 5.20. The minimum atomic E-state index is -1.39. The Labute approximate surface area is 432 Å². The molecule has 2 atom stereocenters. The van der Waals surface area contributed by atoms with Gasteiger partial charge in [-0.25, -0.2) is 19.3 Å². The molecule has 0 unspecified atom stereocenters. The lowest BCUT2D eigenvalue weighted by molar-refractivity contribution is -0.154. The third kappa shape index (κ3) is 11.0. The highest BCUT2D eigenvalue weighted by Crippen LogP contribution is 2.46. The predicted octanol–water partition coefficient (Wildman–Crippen LogP) is 9.15. The standard InChI is InChI=1S/C52H47N9O7S4/c1-51(2,3)67-50(65)55-48-53-38(30-70-48)40(57-68-52(35-24-14-7-15-25-35,36-26-16-8-17-27-36)37-28-18-9-19-29-37)44(62)54-41-45(63)61-42(39(31-69-46(41)61)71-32-72-49-56-58-59-60(49)4)47(64)66-43(33-20-10-5-11-21-33)34-22-12-6-13-23-34/h5-30,41,43,46H,31-32H2,1-4H3,(H,54,62)(H,53,55,65)/b57-40-/t41-,46+/m1/s1. The van der Waals surface area contributed by atoms with Crippen molar-refractivity contribution in [1.29, 1.82) is 0 Å². The van der Waals surface area contributed by atoms with E-state index in [0.717, 1.165) is 22.5 Å². The van der Waals surface area contributed by atoms with Gasteiger partial charge in [-0.2, -0.15) is 0 Å². The van der Waals surface area contributed by atoms with Crippen molar-refractivity contribution >= 4 is 81.3 Å². The number of thioether (sulfide) groups is 3. The number of fused-ring (bicyclic) bond motifs is 1. The van der Waals surface area contributed by atoms with E-state index in [1.54, 1.807) is 37.9 Å². The number of aromatic nitrogens is 5. The highest BCUT2D eigenvalue weighted by Gasteiger charge is 2.55. The monoisotopic (exact) mass is 1040 g/mol. The van der Waals surface area contributed by atoms with Gasteiger partial charge in [-0.3, -0.25) is 19.8 Å². The second-order valence-corrected chi connectivity index (χ2v) is 21.5. The lowest BCUT2D eigenvalue weighted by atomic mass is 9.80. The van der Waals surface area contributed by atoms with Gasteiger partial charge < -0.3 is 19.6 Å². The predicted molar refractivity (Wildman–Crippen MR) is 279 cm³/mol. The summed E-state index contributed by atoms with van der Waals surface area (Å²) in [5.41, 5.74) is 1.32. The van der Waals surface area contributed by atoms with E-state index in [0.29, 0.717) is 37.6 Å². The maximum absolute atomic E-state index is 15.0. The van der Waals surface area contributed by atoms with Gasteiger partial charge in [0.1, 0.15) is 28.4 Å². The Morgan fingerprint density at radius 2 is 1.36 bits per heavy atom. The molecule has 0 bridgehead atoms. The zero-order valence-electron chi connectivity index (χ0n) is 39.3. The van der Waals surface area contributed by atoms with Crippen LogP contribution >= 0.6 is 46.6 Å². The van der Waals surface area contributed by atoms with E-state index in [1.165, 1.54) is 40.2 Å². The molecule has 2 aromatic heterocycles. The van der Waals surface area contributed by atoms with E-state index in [4.69, 9.17) is 14.3 Å². The summed E-state index contributed by atoms with van der Waals surface area (Å²) in [4.78, 5) is 70.6. The molecule has 5 aromatic carbocycles. The molecule has 0 radical (unpaired) electrons. The van der Waals surface area contributed by atoms with Gasteiger partial charge in [0.05, 0.1) is 5.08 Å². The van der Waals surface area contributed by atoms with Crippen molar-refractivity contribution in [3.63, 3.8) is 0 Å². The van der Waals surface area contributed by atoms with Crippen molar-refractivity contribution in [2.45, 2.75) is 54.6 Å². The Balaban J connectivity index is 1.06. The third-order valence-corrected chi connectivity index (χ3v) is 15.7. The molecule has 3 amide bonds. The number of amides is 3. The maximum Gasteiger partial charge on any atom is 0.413 e. The molecule has 0 aliphatic carbocycles. The Morgan fingerprint density at radius 1 is 0.806 bits per heavy atom. The van der Waals surface area contributed by atoms with E-state index in [-0.39, 0.29) is 22.2 Å². The van der Waals surface area contributed by atoms with Gasteiger partial charge in [0.15, 0.2) is 16.9 Å². The Hall–Kier alpha value is -7.26. The average molecular weight is 1040 g/mol. The second-order valence-electron chi connectivity index (χ2n) is 17.2. The van der Waals surface area contributed by atoms with Gasteiger partial charge in [0.25, 0.3) is 11.8 Å². The Morgan fingerprint density at radius 3 is 1.89 bits per heavy atom. The van der Waals surface area contributed by atoms with Crippen LogP contribution in [0, 0.1) is 0 Å². The molecule has 0 saturated carbocycles. The van der Waals surface area contributed by atoms with Gasteiger partial charge in [-0.05, 0) is 42.3 Å². The summed E-state index contributed by atoms with van der Waals surface area (Å²) in [5, 5.41) is 23.9. The Bertz CT molecular complexity index is 2960. The van der Waals surface area contributed by atoms with E-state index in [2.05, 4.69) is 36.3 Å². The molecule has 4 heterocycles. The lowest BCUT2D eigenvalue weighted by Gasteiger charge is -2.49. The highest BCUT2D eigenvalue weighted by molar-refractivity contribution is 8.18. The number of β-lactam (4-membered cyclic amide) rings is 1. The van der Waals surface area contributed by atoms with Crippen molar-refractivity contribution in [3.8, 4) is 0 Å². The number of oxime groups is 1. The number of nitrogens with zero attached hydrogens (tertiary/aromatic N) is 7. The largest absolute Gasteiger partial charge is 0.448 e. The van der Waals surface area contributed by atoms with E-state index in [9.17, 15) is 19.2 Å². The van der Waals surface area contributed by atoms with Crippen molar-refractivity contribution < 1.29 is 33.5 Å². The smallest absolute Gasteiger partial charge is 0.413 e. The third-order valence-electron chi connectivity index (χ3n) is 11.2. The highest BCUT2D eigenvalue weighted by atomic mass is 32.2. The number of benzene rings is 5. The summed E-state index contributed by atoms with van der Waals surface area (Å²) in [6.45, 7) is 5.22. The minimum Gasteiger partial charge on any atom is -0.448 e. The number of ether oxygens (including phenoxy) is 2. The first-order valence-electron chi connectivity index (χ1n) is 22.6. The lowest BCUT2D eigenvalue weighted by Crippen LogP contribution is -2.71. The van der Waals surface area contributed by atoms with Crippen LogP contribution in [0.25, 0.3) is 0 Å². The number of nitrogens with one attached hydrogen (secondary N) is 2. The number of rotatable bonds is 17. The molecule has 2 N–H and O–H groups in total. The number of carbonyl (C=O) groups is 4. The zero-order valence-corrected chi connectivity index (χ0v) is 42.5. The molecule has 9 rings (SSSR count). The molecule has 2 aliphatic heterocycles. The van der Waals surface area contributed by atoms with Crippen LogP contribution in [0.3, 0.4) is 0 Å². The number of tetrazole rings is 1. The van der Waals surface area contributed by atoms with Gasteiger partial charge in [-0.1, -0.05) is 169 Å². The van der Waals surface area contributed by atoms with Crippen LogP contribution < -0.4 is 10.6 Å². The number of hydrogen-bond acceptors (Lipinski definition) is 16. The van der Waals surface area contributed by atoms with Crippen molar-refractivity contribution in [2.24, 2.45) is 12.2 Å². The van der Waals surface area contributed by atoms with Crippen LogP contribution in [0.1, 0.15) is 60.4 Å². The number of anilines is 1. The fourth-order valence-electron chi connectivity index (χ4n) is 7.97. The van der Waals surface area contributed by atoms with Gasteiger partial charge in [-0.15, -0.1) is 40.0 Å². The molecule has 16 nitrogen and oxygen atoms in total. The fraction of sp³-hybridized carbons (Fsp3) is 0.212. The topological polar surface area (TPSA) is 192 Å². The van der Waals surface area contributed by atoms with E-state index in [1.807, 2.05) is 152 Å². The van der Waals surface area contributed by atoms with Crippen LogP contribution in [0.4, 0.5) is 9.93 Å². The van der Waals surface area contributed by atoms with Crippen molar-refractivity contribution in [2.75, 3.05) is 16.2 Å². The summed E-state index contributed by atoms with van der Waals surface area (Å²) in [6.07, 6.45) is -1.53. The van der Waals surface area contributed by atoms with Crippen molar-refractivity contribution in [1.82, 2.24) is 35.4 Å². The summed E-state index contributed by atoms with van der Waals surface area (Å²) in [6, 6.07) is 46.2. The molecule has 0 spiro atoms. The molecule has 72 heavy (non-hydrogen) atoms. The minimum absolute atomic E-state index is 0.0536. The fourth-order valence-corrected chi connectivity index (χ4v) is 12.2. The first-order chi connectivity index (χ1) is 34.9. The number of hydrogen-bond donors (Lipinski definition) is 2. The first kappa shape index (κ1) is 49.7. The van der Waals surface area contributed by atoms with Crippen LogP contribution in [-0.4, -0.2) is 87.5 Å². The number of aryl methyl sites for hydroxylation is 1. The molecular weight excluding hydrogens is 991 g/mol. The summed E-state index contributed by atoms with van der Waals surface area (Å²) in [5.74, 6) is -1.71. The molecule has 1 fully saturated rings. The van der Waals surface area contributed by atoms with Crippen LogP contribution in [0.5, 0.6) is 0 Å². The quantitative estimate of drug-likeness (QED) is 0.0167. The van der Waals surface area contributed by atoms with Gasteiger partial charge in [0, 0.05) is 39.8 Å². The first-order valence-corrected chi connectivity index (χ1v) is 26.5. The Kier molecular flexibility index (Phi) is 15.2. The zero-order chi connectivity index (χ0) is 50.2. The number of esters is 1. The molecular formula is C52H47N9O7S4. The molecule has 1 saturated heterocycles. The molecule has 20 heteroatoms. The number of carbonyl (C=O) groups excluding carboxylic acids is 4. The van der Waals surface area contributed by atoms with E-state index < -0.39 is 52.6 Å². The van der Waals surface area contributed by atoms with Crippen molar-refractivity contribution in [3.05, 3.63) is 201 Å². The van der Waals surface area contributed by atoms with Crippen LogP contribution in [-0.2, 0) is 41.3 Å².